The molecule has 0 saturated carbocycles. The van der Waals surface area contributed by atoms with Gasteiger partial charge in [0, 0.05) is 18.8 Å². The summed E-state index contributed by atoms with van der Waals surface area (Å²) in [4.78, 5) is 6.38. The fourth-order valence-electron chi connectivity index (χ4n) is 2.50. The highest BCUT2D eigenvalue weighted by molar-refractivity contribution is 5.57. The van der Waals surface area contributed by atoms with Crippen LogP contribution in [0, 0.1) is 0 Å². The van der Waals surface area contributed by atoms with Crippen LogP contribution in [0.2, 0.25) is 0 Å². The quantitative estimate of drug-likeness (QED) is 0.935. The number of halogens is 3. The van der Waals surface area contributed by atoms with Crippen LogP contribution in [0.3, 0.4) is 0 Å². The first kappa shape index (κ1) is 15.5. The summed E-state index contributed by atoms with van der Waals surface area (Å²) in [5.41, 5.74) is -0.398. The summed E-state index contributed by atoms with van der Waals surface area (Å²) in [6, 6.07) is 4.98. The topological polar surface area (TPSA) is 53.9 Å². The summed E-state index contributed by atoms with van der Waals surface area (Å²) in [7, 11) is 0. The van der Waals surface area contributed by atoms with E-state index >= 15 is 0 Å². The fraction of sp³-hybridized carbons (Fsp3) is 0.400. The number of hydrogen-bond donors (Lipinski definition) is 1. The third kappa shape index (κ3) is 3.88. The average molecular weight is 323 g/mol. The maximum atomic E-state index is 12.7. The van der Waals surface area contributed by atoms with E-state index in [4.69, 9.17) is 0 Å². The van der Waals surface area contributed by atoms with Crippen molar-refractivity contribution in [2.45, 2.75) is 25.4 Å². The van der Waals surface area contributed by atoms with Gasteiger partial charge in [0.25, 0.3) is 0 Å². The van der Waals surface area contributed by atoms with Crippen LogP contribution < -0.4 is 10.2 Å². The lowest BCUT2D eigenvalue weighted by Gasteiger charge is -2.26. The molecule has 1 aromatic heterocycles. The zero-order valence-corrected chi connectivity index (χ0v) is 12.3. The fourth-order valence-corrected chi connectivity index (χ4v) is 2.50. The van der Waals surface area contributed by atoms with E-state index in [1.165, 1.54) is 18.7 Å². The zero-order valence-electron chi connectivity index (χ0n) is 12.3. The predicted octanol–water partition coefficient (Wildman–Crippen LogP) is 3.62. The van der Waals surface area contributed by atoms with Crippen molar-refractivity contribution in [1.29, 1.82) is 0 Å². The van der Waals surface area contributed by atoms with Crippen LogP contribution in [0.25, 0.3) is 0 Å². The molecule has 8 heteroatoms. The van der Waals surface area contributed by atoms with Crippen LogP contribution in [0.5, 0.6) is 0 Å². The molecule has 0 unspecified atom stereocenters. The Labute approximate surface area is 131 Å². The average Bonchev–Trinajstić information content (AvgIpc) is 2.55. The van der Waals surface area contributed by atoms with Crippen LogP contribution in [-0.4, -0.2) is 28.3 Å². The van der Waals surface area contributed by atoms with Crippen LogP contribution in [0.4, 0.5) is 30.6 Å². The largest absolute Gasteiger partial charge is 0.416 e. The normalized spacial score (nSPS) is 15.5. The number of nitrogens with one attached hydrogen (secondary N) is 1. The molecule has 1 aromatic carbocycles. The van der Waals surface area contributed by atoms with Crippen molar-refractivity contribution >= 4 is 17.5 Å². The highest BCUT2D eigenvalue weighted by atomic mass is 19.4. The van der Waals surface area contributed by atoms with Gasteiger partial charge >= 0.3 is 6.18 Å². The van der Waals surface area contributed by atoms with E-state index in [1.54, 1.807) is 6.07 Å². The Hall–Kier alpha value is -2.38. The Morgan fingerprint density at radius 2 is 1.87 bits per heavy atom. The van der Waals surface area contributed by atoms with Crippen molar-refractivity contribution < 1.29 is 13.2 Å². The van der Waals surface area contributed by atoms with Crippen molar-refractivity contribution in [3.63, 3.8) is 0 Å². The molecule has 0 bridgehead atoms. The van der Waals surface area contributed by atoms with Gasteiger partial charge in [-0.3, -0.25) is 0 Å². The standard InChI is InChI=1S/C15H16F3N5/c16-15(17,18)11-5-4-6-12(9-11)20-13-10-19-22-14(21-13)23-7-2-1-3-8-23/h4-6,9-10H,1-3,7-8H2,(H,20,21,22). The maximum absolute atomic E-state index is 12.7. The van der Waals surface area contributed by atoms with Crippen molar-refractivity contribution in [2.75, 3.05) is 23.3 Å². The predicted molar refractivity (Wildman–Crippen MR) is 80.6 cm³/mol. The van der Waals surface area contributed by atoms with E-state index in [0.717, 1.165) is 38.1 Å². The van der Waals surface area contributed by atoms with Crippen LogP contribution >= 0.6 is 0 Å². The molecule has 1 N–H and O–H groups in total. The van der Waals surface area contributed by atoms with E-state index in [9.17, 15) is 13.2 Å². The number of rotatable bonds is 3. The molecule has 0 spiro atoms. The van der Waals surface area contributed by atoms with Gasteiger partial charge in [0.15, 0.2) is 5.82 Å². The molecule has 122 valence electrons. The van der Waals surface area contributed by atoms with Crippen molar-refractivity contribution in [2.24, 2.45) is 0 Å². The number of hydrogen-bond acceptors (Lipinski definition) is 5. The molecule has 2 aromatic rings. The van der Waals surface area contributed by atoms with Crippen molar-refractivity contribution in [3.8, 4) is 0 Å². The lowest BCUT2D eigenvalue weighted by molar-refractivity contribution is -0.137. The molecule has 1 aliphatic heterocycles. The number of benzene rings is 1. The summed E-state index contributed by atoms with van der Waals surface area (Å²) >= 11 is 0. The minimum atomic E-state index is -4.37. The second-order valence-corrected chi connectivity index (χ2v) is 5.39. The molecule has 1 fully saturated rings. The van der Waals surface area contributed by atoms with Crippen molar-refractivity contribution in [1.82, 2.24) is 15.2 Å². The monoisotopic (exact) mass is 323 g/mol. The summed E-state index contributed by atoms with van der Waals surface area (Å²) in [6.45, 7) is 1.74. The van der Waals surface area contributed by atoms with E-state index < -0.39 is 11.7 Å². The molecule has 5 nitrogen and oxygen atoms in total. The third-order valence-corrected chi connectivity index (χ3v) is 3.65. The first-order chi connectivity index (χ1) is 11.0. The molecule has 0 amide bonds. The minimum Gasteiger partial charge on any atom is -0.339 e. The summed E-state index contributed by atoms with van der Waals surface area (Å²) in [6.07, 6.45) is 0.365. The Balaban J connectivity index is 1.78. The third-order valence-electron chi connectivity index (χ3n) is 3.65. The molecule has 3 rings (SSSR count). The summed E-state index contributed by atoms with van der Waals surface area (Å²) in [5, 5.41) is 10.8. The van der Waals surface area contributed by atoms with Gasteiger partial charge in [0.05, 0.1) is 11.8 Å². The first-order valence-electron chi connectivity index (χ1n) is 7.41. The molecule has 2 heterocycles. The van der Waals surface area contributed by atoms with Gasteiger partial charge in [-0.25, -0.2) is 0 Å². The zero-order chi connectivity index (χ0) is 16.3. The van der Waals surface area contributed by atoms with Gasteiger partial charge in [-0.15, -0.1) is 5.10 Å². The number of piperidine rings is 1. The lowest BCUT2D eigenvalue weighted by atomic mass is 10.1. The highest BCUT2D eigenvalue weighted by Gasteiger charge is 2.30. The summed E-state index contributed by atoms with van der Waals surface area (Å²) < 4.78 is 38.2. The van der Waals surface area contributed by atoms with Crippen LogP contribution in [-0.2, 0) is 6.18 Å². The molecule has 0 radical (unpaired) electrons. The smallest absolute Gasteiger partial charge is 0.339 e. The van der Waals surface area contributed by atoms with Gasteiger partial charge in [0.2, 0.25) is 5.95 Å². The molecule has 23 heavy (non-hydrogen) atoms. The molecular formula is C15H16F3N5. The lowest BCUT2D eigenvalue weighted by Crippen LogP contribution is -2.31. The van der Waals surface area contributed by atoms with E-state index in [-0.39, 0.29) is 0 Å². The van der Waals surface area contributed by atoms with Gasteiger partial charge in [-0.05, 0) is 37.5 Å². The van der Waals surface area contributed by atoms with E-state index in [1.807, 2.05) is 4.90 Å². The maximum Gasteiger partial charge on any atom is 0.416 e. The molecule has 0 atom stereocenters. The Morgan fingerprint density at radius 3 is 2.61 bits per heavy atom. The molecular weight excluding hydrogens is 307 g/mol. The number of nitrogens with zero attached hydrogens (tertiary/aromatic N) is 4. The van der Waals surface area contributed by atoms with Gasteiger partial charge in [0.1, 0.15) is 0 Å². The molecule has 0 aliphatic carbocycles. The molecule has 1 aliphatic rings. The second kappa shape index (κ2) is 6.39. The highest BCUT2D eigenvalue weighted by Crippen LogP contribution is 2.31. The van der Waals surface area contributed by atoms with Gasteiger partial charge in [-0.1, -0.05) is 6.07 Å². The first-order valence-corrected chi connectivity index (χ1v) is 7.41. The minimum absolute atomic E-state index is 0.310. The van der Waals surface area contributed by atoms with Crippen LogP contribution in [0.1, 0.15) is 24.8 Å². The number of aromatic nitrogens is 3. The van der Waals surface area contributed by atoms with Gasteiger partial charge in [-0.2, -0.15) is 23.3 Å². The van der Waals surface area contributed by atoms with Crippen molar-refractivity contribution in [3.05, 3.63) is 36.0 Å². The number of alkyl halides is 3. The van der Waals surface area contributed by atoms with E-state index in [2.05, 4.69) is 20.5 Å². The summed E-state index contributed by atoms with van der Waals surface area (Å²) in [5.74, 6) is 0.876. The van der Waals surface area contributed by atoms with Gasteiger partial charge < -0.3 is 10.2 Å². The molecule has 1 saturated heterocycles. The van der Waals surface area contributed by atoms with E-state index in [0.29, 0.717) is 17.5 Å². The Bertz CT molecular complexity index is 668. The number of anilines is 3. The SMILES string of the molecule is FC(F)(F)c1cccc(Nc2cnnc(N3CCCCC3)n2)c1. The Kier molecular flexibility index (Phi) is 4.31. The Morgan fingerprint density at radius 1 is 1.09 bits per heavy atom. The second-order valence-electron chi connectivity index (χ2n) is 5.39. The van der Waals surface area contributed by atoms with Crippen LogP contribution in [0.15, 0.2) is 30.5 Å².